The Labute approximate surface area is 67.4 Å². The molecular formula is NiO6Zn. The van der Waals surface area contributed by atoms with Gasteiger partial charge < -0.3 is 31.1 Å². The molecule has 0 spiro atoms. The van der Waals surface area contributed by atoms with Crippen molar-refractivity contribution < 1.29 is 67.1 Å². The van der Waals surface area contributed by atoms with Crippen molar-refractivity contribution in [1.82, 2.24) is 0 Å². The zero-order valence-corrected chi connectivity index (χ0v) is 7.43. The van der Waals surface area contributed by atoms with Crippen LogP contribution in [0.5, 0.6) is 0 Å². The van der Waals surface area contributed by atoms with E-state index in [1.54, 1.807) is 10.1 Å². The molecule has 0 heterocycles. The zero-order valence-electron chi connectivity index (χ0n) is 3.47. The van der Waals surface area contributed by atoms with Crippen LogP contribution < -0.4 is 21.0 Å². The summed E-state index contributed by atoms with van der Waals surface area (Å²) in [6.07, 6.45) is 0. The van der Waals surface area contributed by atoms with Gasteiger partial charge in [0.05, 0.1) is 0 Å². The van der Waals surface area contributed by atoms with Gasteiger partial charge >= 0.3 is 36.0 Å². The number of hydrogen-bond donors (Lipinski definition) is 0. The zero-order chi connectivity index (χ0) is 5.41. The molecule has 0 amide bonds. The Balaban J connectivity index is -0.0000000160. The normalized spacial score (nSPS) is 4.50. The van der Waals surface area contributed by atoms with Crippen molar-refractivity contribution in [2.45, 2.75) is 0 Å². The first kappa shape index (κ1) is 23.2. The van der Waals surface area contributed by atoms with E-state index in [0.717, 1.165) is 0 Å². The monoisotopic (exact) mass is 218 g/mol. The molecule has 0 bridgehead atoms. The van der Waals surface area contributed by atoms with Gasteiger partial charge in [-0.15, -0.1) is 0 Å². The molecule has 0 atom stereocenters. The second-order valence-corrected chi connectivity index (χ2v) is 0.136. The summed E-state index contributed by atoms with van der Waals surface area (Å²) in [5.41, 5.74) is 0. The van der Waals surface area contributed by atoms with Gasteiger partial charge in [0.25, 0.3) is 0 Å². The fourth-order valence-corrected chi connectivity index (χ4v) is 0. The number of hydrogen-bond acceptors (Lipinski definition) is 6. The summed E-state index contributed by atoms with van der Waals surface area (Å²) in [5.74, 6) is 0. The van der Waals surface area contributed by atoms with Crippen molar-refractivity contribution in [1.29, 1.82) is 0 Å². The van der Waals surface area contributed by atoms with Crippen LogP contribution in [0.3, 0.4) is 0 Å². The van der Waals surface area contributed by atoms with Gasteiger partial charge in [0.15, 0.2) is 0 Å². The van der Waals surface area contributed by atoms with E-state index in [2.05, 4.69) is 0 Å². The van der Waals surface area contributed by atoms with Gasteiger partial charge in [-0.1, -0.05) is 0 Å². The van der Waals surface area contributed by atoms with E-state index in [1.165, 1.54) is 0 Å². The molecule has 0 saturated heterocycles. The van der Waals surface area contributed by atoms with Gasteiger partial charge in [0.2, 0.25) is 0 Å². The Kier molecular flexibility index (Phi) is 130. The quantitative estimate of drug-likeness (QED) is 0.230. The Morgan fingerprint density at radius 2 is 0.750 bits per heavy atom. The molecule has 0 aliphatic heterocycles. The molecule has 0 radical (unpaired) electrons. The summed E-state index contributed by atoms with van der Waals surface area (Å²) in [7, 11) is 0. The van der Waals surface area contributed by atoms with E-state index in [-0.39, 0.29) is 36.0 Å². The van der Waals surface area contributed by atoms with Gasteiger partial charge in [-0.25, -0.2) is 0 Å². The van der Waals surface area contributed by atoms with Gasteiger partial charge in [-0.3, -0.25) is 0 Å². The summed E-state index contributed by atoms with van der Waals surface area (Å²) in [6, 6.07) is 0. The maximum atomic E-state index is 7.88. The maximum absolute atomic E-state index is 7.88. The van der Waals surface area contributed by atoms with E-state index in [0.29, 0.717) is 0 Å². The predicted octanol–water partition coefficient (Wildman–Crippen LogP) is -4.90. The Hall–Kier alpha value is 0.877. The van der Waals surface area contributed by atoms with Crippen LogP contribution in [0.25, 0.3) is 0 Å². The minimum atomic E-state index is 0. The van der Waals surface area contributed by atoms with E-state index >= 15 is 0 Å². The molecule has 0 N–H and O–H groups in total. The minimum absolute atomic E-state index is 0. The van der Waals surface area contributed by atoms with Crippen molar-refractivity contribution in [3.05, 3.63) is 0 Å². The van der Waals surface area contributed by atoms with Crippen molar-refractivity contribution in [2.24, 2.45) is 0 Å². The molecule has 0 aliphatic rings. The molecule has 0 aliphatic carbocycles. The van der Waals surface area contributed by atoms with Crippen LogP contribution in [-0.4, -0.2) is 0 Å². The maximum Gasteiger partial charge on any atom is 2.00 e. The second-order valence-electron chi connectivity index (χ2n) is 0.136. The van der Waals surface area contributed by atoms with Crippen molar-refractivity contribution in [2.75, 3.05) is 0 Å². The van der Waals surface area contributed by atoms with Crippen LogP contribution in [0.4, 0.5) is 0 Å². The second kappa shape index (κ2) is 45.0. The summed E-state index contributed by atoms with van der Waals surface area (Å²) in [5, 5.41) is 35.0. The third-order valence-electron chi connectivity index (χ3n) is 0. The molecule has 0 unspecified atom stereocenters. The molecular weight excluding hydrogens is 220 g/mol. The SMILES string of the molecule is [Ni+2].[O-]O[O-].[O-]O[O-].[Zn+2]. The Morgan fingerprint density at radius 1 is 0.750 bits per heavy atom. The summed E-state index contributed by atoms with van der Waals surface area (Å²) in [6.45, 7) is 0. The third kappa shape index (κ3) is 309. The first-order valence-corrected chi connectivity index (χ1v) is 0.667. The average molecular weight is 220 g/mol. The van der Waals surface area contributed by atoms with E-state index in [1.807, 2.05) is 0 Å². The van der Waals surface area contributed by atoms with Gasteiger partial charge in [-0.05, 0) is 0 Å². The van der Waals surface area contributed by atoms with Crippen LogP contribution in [0.15, 0.2) is 0 Å². The first-order valence-electron chi connectivity index (χ1n) is 0.667. The summed E-state index contributed by atoms with van der Waals surface area (Å²) < 4.78 is 0. The molecule has 0 saturated carbocycles. The molecule has 0 aromatic heterocycles. The third-order valence-corrected chi connectivity index (χ3v) is 0. The first-order chi connectivity index (χ1) is 2.83. The largest absolute Gasteiger partial charge is 2.00 e. The van der Waals surface area contributed by atoms with Crippen LogP contribution in [0, 0.1) is 0 Å². The van der Waals surface area contributed by atoms with Crippen molar-refractivity contribution in [3.63, 3.8) is 0 Å². The average Bonchev–Trinajstić information content (AvgIpc) is 1.39. The van der Waals surface area contributed by atoms with E-state index in [4.69, 9.17) is 21.0 Å². The Morgan fingerprint density at radius 3 is 0.750 bits per heavy atom. The molecule has 6 nitrogen and oxygen atoms in total. The molecule has 48 valence electrons. The van der Waals surface area contributed by atoms with E-state index < -0.39 is 0 Å². The predicted molar refractivity (Wildman–Crippen MR) is 2.17 cm³/mol. The smallest absolute Gasteiger partial charge is 0.734 e. The van der Waals surface area contributed by atoms with Crippen molar-refractivity contribution in [3.8, 4) is 0 Å². The van der Waals surface area contributed by atoms with Gasteiger partial charge in [0.1, 0.15) is 0 Å². The molecule has 0 rings (SSSR count). The van der Waals surface area contributed by atoms with Crippen LogP contribution >= 0.6 is 0 Å². The van der Waals surface area contributed by atoms with Crippen molar-refractivity contribution >= 4 is 0 Å². The Bertz CT molecular complexity index is 10.5. The van der Waals surface area contributed by atoms with E-state index in [9.17, 15) is 0 Å². The van der Waals surface area contributed by atoms with Crippen LogP contribution in [0.1, 0.15) is 0 Å². The fraction of sp³-hybridized carbons (Fsp3) is 0. The van der Waals surface area contributed by atoms with Gasteiger partial charge in [-0.2, -0.15) is 0 Å². The summed E-state index contributed by atoms with van der Waals surface area (Å²) in [4.78, 5) is 0. The van der Waals surface area contributed by atoms with Crippen LogP contribution in [0.2, 0.25) is 0 Å². The molecule has 8 heteroatoms. The number of rotatable bonds is 0. The molecule has 0 aromatic carbocycles. The minimum Gasteiger partial charge on any atom is -0.734 e. The molecule has 0 aromatic rings. The standard InChI is InChI=1S/Ni.2H2O3.Zn/c;2*1-3-2;/h;2*1-2H;/q+2;;;+2/p-4. The molecule has 0 fully saturated rings. The van der Waals surface area contributed by atoms with Gasteiger partial charge in [0, 0.05) is 0 Å². The fourth-order valence-electron chi connectivity index (χ4n) is 0. The summed E-state index contributed by atoms with van der Waals surface area (Å²) >= 11 is 0. The topological polar surface area (TPSA) is 111 Å². The molecule has 8 heavy (non-hydrogen) atoms. The van der Waals surface area contributed by atoms with Crippen LogP contribution in [-0.2, 0) is 46.0 Å².